The Bertz CT molecular complexity index is 1420. The molecule has 2 N–H and O–H groups in total. The third-order valence-corrected chi connectivity index (χ3v) is 6.51. The van der Waals surface area contributed by atoms with Gasteiger partial charge in [-0.3, -0.25) is 0 Å². The van der Waals surface area contributed by atoms with Crippen molar-refractivity contribution in [3.05, 3.63) is 71.1 Å². The van der Waals surface area contributed by atoms with Crippen LogP contribution in [-0.4, -0.2) is 51.4 Å². The van der Waals surface area contributed by atoms with Crippen molar-refractivity contribution in [3.63, 3.8) is 0 Å². The van der Waals surface area contributed by atoms with Crippen LogP contribution in [0, 0.1) is 0 Å². The van der Waals surface area contributed by atoms with Crippen LogP contribution in [0.15, 0.2) is 71.2 Å². The van der Waals surface area contributed by atoms with Crippen LogP contribution in [0.25, 0.3) is 11.0 Å². The quantitative estimate of drug-likeness (QED) is 0.299. The number of nitrogens with zero attached hydrogens (tertiary/aromatic N) is 6. The van der Waals surface area contributed by atoms with Crippen molar-refractivity contribution < 1.29 is 9.47 Å². The molecule has 3 aromatic rings. The summed E-state index contributed by atoms with van der Waals surface area (Å²) >= 11 is 6.55. The van der Waals surface area contributed by atoms with Crippen LogP contribution < -0.4 is 15.4 Å². The summed E-state index contributed by atoms with van der Waals surface area (Å²) in [6.07, 6.45) is 15.4. The van der Waals surface area contributed by atoms with Gasteiger partial charge >= 0.3 is 0 Å². The molecule has 1 saturated heterocycles. The minimum absolute atomic E-state index is 0.454. The Morgan fingerprint density at radius 2 is 2.02 bits per heavy atom. The molecule has 10 nitrogen and oxygen atoms in total. The van der Waals surface area contributed by atoms with Crippen LogP contribution in [-0.2, 0) is 4.74 Å². The molecule has 5 rings (SSSR count). The first-order chi connectivity index (χ1) is 19.5. The first-order valence-electron chi connectivity index (χ1n) is 13.4. The van der Waals surface area contributed by atoms with Gasteiger partial charge in [0.15, 0.2) is 5.82 Å². The molecular formula is C29H35ClN8O2. The van der Waals surface area contributed by atoms with E-state index in [9.17, 15) is 0 Å². The Labute approximate surface area is 239 Å². The zero-order valence-corrected chi connectivity index (χ0v) is 24.1. The van der Waals surface area contributed by atoms with Crippen molar-refractivity contribution in [2.75, 3.05) is 30.9 Å². The van der Waals surface area contributed by atoms with E-state index in [0.29, 0.717) is 39.3 Å². The largest absolute Gasteiger partial charge is 0.456 e. The Morgan fingerprint density at radius 1 is 1.20 bits per heavy atom. The molecule has 1 aromatic carbocycles. The van der Waals surface area contributed by atoms with E-state index in [0.717, 1.165) is 31.0 Å². The van der Waals surface area contributed by atoms with Gasteiger partial charge in [-0.1, -0.05) is 18.5 Å². The Morgan fingerprint density at radius 3 is 2.67 bits per heavy atom. The first kappa shape index (κ1) is 29.0. The lowest BCUT2D eigenvalue weighted by Crippen LogP contribution is -2.15. The molecule has 2 aromatic heterocycles. The predicted octanol–water partition coefficient (Wildman–Crippen LogP) is 6.83. The summed E-state index contributed by atoms with van der Waals surface area (Å²) in [6.45, 7) is 8.07. The lowest BCUT2D eigenvalue weighted by atomic mass is 10.1. The second kappa shape index (κ2) is 14.4. The number of halogens is 1. The standard InChI is InChI=1S/C24H25ClN8O.C5H10O/c1-5-15(3)20-12-17(9-10-33(20)30-6-2)34-21-8-7-16(11-18(21)25)31-23-22-19(28-14-29-23)13-27-24(26-4)32-22;1-2-4-6-5-3-1/h6-14H,5H2,1-4H3,(H,26,27,32)(H,28,29,31);1-5H2/b20-15?,30-6-;. The maximum Gasteiger partial charge on any atom is 0.223 e. The molecule has 0 atom stereocenters. The van der Waals surface area contributed by atoms with Crippen molar-refractivity contribution in [3.8, 4) is 5.75 Å². The number of rotatable bonds is 7. The van der Waals surface area contributed by atoms with Gasteiger partial charge in [0, 0.05) is 44.4 Å². The minimum Gasteiger partial charge on any atom is -0.456 e. The number of allylic oxidation sites excluding steroid dienone is 3. The number of hydrogen-bond acceptors (Lipinski definition) is 10. The molecule has 0 amide bonds. The van der Waals surface area contributed by atoms with Crippen LogP contribution in [0.2, 0.25) is 5.02 Å². The van der Waals surface area contributed by atoms with Crippen LogP contribution >= 0.6 is 11.6 Å². The number of nitrogens with one attached hydrogen (secondary N) is 2. The maximum absolute atomic E-state index is 6.55. The van der Waals surface area contributed by atoms with Gasteiger partial charge in [0.25, 0.3) is 0 Å². The normalized spacial score (nSPS) is 16.3. The van der Waals surface area contributed by atoms with E-state index in [1.165, 1.54) is 31.2 Å². The first-order valence-corrected chi connectivity index (χ1v) is 13.7. The molecule has 0 spiro atoms. The van der Waals surface area contributed by atoms with Crippen LogP contribution in [0.5, 0.6) is 5.75 Å². The second-order valence-corrected chi connectivity index (χ2v) is 9.45. The van der Waals surface area contributed by atoms with Gasteiger partial charge in [-0.05, 0) is 69.4 Å². The van der Waals surface area contributed by atoms with Gasteiger partial charge in [0.2, 0.25) is 5.95 Å². The zero-order valence-electron chi connectivity index (χ0n) is 23.3. The highest BCUT2D eigenvalue weighted by molar-refractivity contribution is 6.32. The van der Waals surface area contributed by atoms with Gasteiger partial charge in [0.1, 0.15) is 28.9 Å². The number of anilines is 3. The lowest BCUT2D eigenvalue weighted by Gasteiger charge is -2.23. The van der Waals surface area contributed by atoms with E-state index in [-0.39, 0.29) is 0 Å². The van der Waals surface area contributed by atoms with Crippen molar-refractivity contribution in [2.24, 2.45) is 5.10 Å². The summed E-state index contributed by atoms with van der Waals surface area (Å²) in [5.74, 6) is 2.24. The average Bonchev–Trinajstić information content (AvgIpc) is 3.00. The molecule has 2 aliphatic rings. The molecule has 210 valence electrons. The van der Waals surface area contributed by atoms with Gasteiger partial charge in [-0.2, -0.15) is 5.10 Å². The third-order valence-electron chi connectivity index (χ3n) is 6.21. The lowest BCUT2D eigenvalue weighted by molar-refractivity contribution is 0.0968. The molecule has 0 aliphatic carbocycles. The van der Waals surface area contributed by atoms with E-state index in [2.05, 4.69) is 49.5 Å². The van der Waals surface area contributed by atoms with Crippen LogP contribution in [0.1, 0.15) is 46.5 Å². The Balaban J connectivity index is 0.000000546. The fourth-order valence-electron chi connectivity index (χ4n) is 3.94. The number of ether oxygens (including phenoxy) is 2. The summed E-state index contributed by atoms with van der Waals surface area (Å²) in [7, 11) is 1.75. The average molecular weight is 563 g/mol. The summed E-state index contributed by atoms with van der Waals surface area (Å²) in [5.41, 5.74) is 4.14. The van der Waals surface area contributed by atoms with E-state index in [1.807, 2.05) is 42.4 Å². The van der Waals surface area contributed by atoms with Gasteiger partial charge in [-0.25, -0.2) is 24.9 Å². The molecule has 0 unspecified atom stereocenters. The monoisotopic (exact) mass is 562 g/mol. The highest BCUT2D eigenvalue weighted by Crippen LogP contribution is 2.33. The molecule has 0 bridgehead atoms. The van der Waals surface area contributed by atoms with Crippen molar-refractivity contribution in [1.29, 1.82) is 0 Å². The Kier molecular flexibility index (Phi) is 10.4. The number of benzene rings is 1. The summed E-state index contributed by atoms with van der Waals surface area (Å²) in [5, 5.41) is 12.8. The summed E-state index contributed by atoms with van der Waals surface area (Å²) < 4.78 is 11.2. The number of hydrazone groups is 1. The highest BCUT2D eigenvalue weighted by Gasteiger charge is 2.15. The second-order valence-electron chi connectivity index (χ2n) is 9.04. The van der Waals surface area contributed by atoms with Gasteiger partial charge < -0.3 is 20.1 Å². The number of aromatic nitrogens is 4. The SMILES string of the molecule is C/C=N\N1C=CC(Oc2ccc(Nc3ncnc4cnc(NC)nc34)cc2Cl)=CC1=C(C)CC.C1CCOCC1. The summed E-state index contributed by atoms with van der Waals surface area (Å²) in [4.78, 5) is 17.2. The molecule has 0 saturated carbocycles. The molecule has 4 heterocycles. The fourth-order valence-corrected chi connectivity index (χ4v) is 4.16. The molecule has 0 radical (unpaired) electrons. The third kappa shape index (κ3) is 7.55. The molecular weight excluding hydrogens is 528 g/mol. The smallest absolute Gasteiger partial charge is 0.223 e. The summed E-state index contributed by atoms with van der Waals surface area (Å²) in [6, 6.07) is 5.45. The van der Waals surface area contributed by atoms with E-state index >= 15 is 0 Å². The maximum atomic E-state index is 6.55. The van der Waals surface area contributed by atoms with Crippen molar-refractivity contribution in [2.45, 2.75) is 46.5 Å². The molecule has 40 heavy (non-hydrogen) atoms. The van der Waals surface area contributed by atoms with Crippen LogP contribution in [0.3, 0.4) is 0 Å². The Hall–Kier alpha value is -4.02. The number of fused-ring (bicyclic) bond motifs is 1. The fraction of sp³-hybridized carbons (Fsp3) is 0.345. The van der Waals surface area contributed by atoms with Crippen molar-refractivity contribution >= 4 is 46.3 Å². The highest BCUT2D eigenvalue weighted by atomic mass is 35.5. The predicted molar refractivity (Wildman–Crippen MR) is 161 cm³/mol. The number of hydrogen-bond donors (Lipinski definition) is 2. The van der Waals surface area contributed by atoms with Gasteiger partial charge in [-0.15, -0.1) is 0 Å². The van der Waals surface area contributed by atoms with E-state index < -0.39 is 0 Å². The molecule has 2 aliphatic heterocycles. The minimum atomic E-state index is 0.454. The van der Waals surface area contributed by atoms with E-state index in [1.54, 1.807) is 25.5 Å². The zero-order chi connectivity index (χ0) is 28.3. The topological polar surface area (TPSA) is 110 Å². The van der Waals surface area contributed by atoms with Gasteiger partial charge in [0.05, 0.1) is 16.9 Å². The van der Waals surface area contributed by atoms with E-state index in [4.69, 9.17) is 21.1 Å². The molecule has 11 heteroatoms. The molecule has 1 fully saturated rings. The van der Waals surface area contributed by atoms with Crippen molar-refractivity contribution in [1.82, 2.24) is 24.9 Å². The van der Waals surface area contributed by atoms with Crippen LogP contribution in [0.4, 0.5) is 17.5 Å².